The summed E-state index contributed by atoms with van der Waals surface area (Å²) in [7, 11) is 0. The first-order valence-corrected chi connectivity index (χ1v) is 6.30. The van der Waals surface area contributed by atoms with Crippen LogP contribution in [0.4, 0.5) is 4.79 Å². The fourth-order valence-electron chi connectivity index (χ4n) is 2.95. The average Bonchev–Trinajstić information content (AvgIpc) is 2.99. The van der Waals surface area contributed by atoms with Crippen molar-refractivity contribution in [3.8, 4) is 0 Å². The van der Waals surface area contributed by atoms with Crippen molar-refractivity contribution in [1.82, 2.24) is 4.90 Å². The van der Waals surface area contributed by atoms with Gasteiger partial charge in [-0.2, -0.15) is 0 Å². The fourth-order valence-corrected chi connectivity index (χ4v) is 2.95. The minimum atomic E-state index is -0.138. The summed E-state index contributed by atoms with van der Waals surface area (Å²) in [6.07, 6.45) is 3.49. The molecule has 1 amide bonds. The summed E-state index contributed by atoms with van der Waals surface area (Å²) in [4.78, 5) is 13.8. The van der Waals surface area contributed by atoms with Crippen LogP contribution in [0.2, 0.25) is 0 Å². The van der Waals surface area contributed by atoms with Crippen LogP contribution in [-0.2, 0) is 11.3 Å². The highest BCUT2D eigenvalue weighted by atomic mass is 16.6. The highest BCUT2D eigenvalue weighted by Crippen LogP contribution is 2.37. The summed E-state index contributed by atoms with van der Waals surface area (Å²) in [6.45, 7) is 1.28. The first-order chi connectivity index (χ1) is 8.33. The normalized spacial score (nSPS) is 26.2. The summed E-state index contributed by atoms with van der Waals surface area (Å²) in [5.74, 6) is 0.726. The molecule has 90 valence electrons. The number of hydrogen-bond donors (Lipinski definition) is 0. The van der Waals surface area contributed by atoms with E-state index in [1.54, 1.807) is 0 Å². The largest absolute Gasteiger partial charge is 0.445 e. The lowest BCUT2D eigenvalue weighted by molar-refractivity contribution is 0.0853. The molecule has 0 radical (unpaired) electrons. The van der Waals surface area contributed by atoms with Crippen LogP contribution in [-0.4, -0.2) is 23.6 Å². The monoisotopic (exact) mass is 231 g/mol. The van der Waals surface area contributed by atoms with E-state index < -0.39 is 0 Å². The maximum Gasteiger partial charge on any atom is 0.410 e. The molecular formula is C14H17NO2. The zero-order chi connectivity index (χ0) is 11.7. The van der Waals surface area contributed by atoms with E-state index in [4.69, 9.17) is 4.74 Å². The molecule has 1 aliphatic heterocycles. The molecule has 0 N–H and O–H groups in total. The van der Waals surface area contributed by atoms with Crippen molar-refractivity contribution >= 4 is 6.09 Å². The van der Waals surface area contributed by atoms with Crippen molar-refractivity contribution in [2.75, 3.05) is 6.54 Å². The lowest BCUT2D eigenvalue weighted by Gasteiger charge is -2.26. The van der Waals surface area contributed by atoms with Gasteiger partial charge in [-0.1, -0.05) is 30.3 Å². The molecule has 1 saturated carbocycles. The highest BCUT2D eigenvalue weighted by Gasteiger charge is 2.40. The summed E-state index contributed by atoms with van der Waals surface area (Å²) >= 11 is 0. The number of benzene rings is 1. The van der Waals surface area contributed by atoms with Gasteiger partial charge >= 0.3 is 6.09 Å². The Kier molecular flexibility index (Phi) is 2.75. The predicted octanol–water partition coefficient (Wildman–Crippen LogP) is 2.81. The van der Waals surface area contributed by atoms with E-state index in [-0.39, 0.29) is 6.09 Å². The van der Waals surface area contributed by atoms with Gasteiger partial charge in [-0.15, -0.1) is 0 Å². The van der Waals surface area contributed by atoms with E-state index in [2.05, 4.69) is 0 Å². The molecule has 2 aliphatic rings. The quantitative estimate of drug-likeness (QED) is 0.783. The Morgan fingerprint density at radius 2 is 2.12 bits per heavy atom. The molecule has 3 nitrogen and oxygen atoms in total. The molecule has 1 saturated heterocycles. The van der Waals surface area contributed by atoms with Gasteiger partial charge in [0.15, 0.2) is 0 Å². The van der Waals surface area contributed by atoms with Crippen LogP contribution in [0.5, 0.6) is 0 Å². The van der Waals surface area contributed by atoms with Crippen molar-refractivity contribution in [2.45, 2.75) is 31.9 Å². The Morgan fingerprint density at radius 3 is 2.76 bits per heavy atom. The van der Waals surface area contributed by atoms with Gasteiger partial charge in [0, 0.05) is 12.6 Å². The smallest absolute Gasteiger partial charge is 0.410 e. The second-order valence-corrected chi connectivity index (χ2v) is 5.03. The number of amides is 1. The Morgan fingerprint density at radius 1 is 1.29 bits per heavy atom. The molecule has 0 spiro atoms. The van der Waals surface area contributed by atoms with Crippen LogP contribution in [0.3, 0.4) is 0 Å². The topological polar surface area (TPSA) is 29.5 Å². The average molecular weight is 231 g/mol. The van der Waals surface area contributed by atoms with Gasteiger partial charge in [0.1, 0.15) is 6.61 Å². The minimum Gasteiger partial charge on any atom is -0.445 e. The lowest BCUT2D eigenvalue weighted by atomic mass is 10.1. The number of piperidine rings is 1. The first kappa shape index (κ1) is 10.6. The zero-order valence-electron chi connectivity index (χ0n) is 9.84. The van der Waals surface area contributed by atoms with Crippen LogP contribution in [0.15, 0.2) is 30.3 Å². The summed E-state index contributed by atoms with van der Waals surface area (Å²) in [6, 6.07) is 10.3. The van der Waals surface area contributed by atoms with Gasteiger partial charge in [-0.25, -0.2) is 4.79 Å². The number of carbonyl (C=O) groups is 1. The second-order valence-electron chi connectivity index (χ2n) is 5.03. The molecule has 2 bridgehead atoms. The Balaban J connectivity index is 1.54. The van der Waals surface area contributed by atoms with Crippen molar-refractivity contribution in [3.63, 3.8) is 0 Å². The van der Waals surface area contributed by atoms with E-state index in [9.17, 15) is 4.79 Å². The minimum absolute atomic E-state index is 0.138. The summed E-state index contributed by atoms with van der Waals surface area (Å²) in [5.41, 5.74) is 1.05. The molecule has 0 aromatic heterocycles. The number of likely N-dealkylation sites (tertiary alicyclic amines) is 1. The molecule has 2 fully saturated rings. The first-order valence-electron chi connectivity index (χ1n) is 6.30. The van der Waals surface area contributed by atoms with E-state index in [1.165, 1.54) is 12.8 Å². The van der Waals surface area contributed by atoms with Gasteiger partial charge in [-0.3, -0.25) is 0 Å². The predicted molar refractivity (Wildman–Crippen MR) is 64.5 cm³/mol. The molecule has 3 rings (SSSR count). The number of rotatable bonds is 2. The van der Waals surface area contributed by atoms with E-state index >= 15 is 0 Å². The lowest BCUT2D eigenvalue weighted by Crippen LogP contribution is -2.37. The van der Waals surface area contributed by atoms with Gasteiger partial charge in [0.05, 0.1) is 0 Å². The van der Waals surface area contributed by atoms with Crippen LogP contribution < -0.4 is 0 Å². The zero-order valence-corrected chi connectivity index (χ0v) is 9.84. The molecule has 3 heteroatoms. The molecule has 1 heterocycles. The molecule has 2 atom stereocenters. The third kappa shape index (κ3) is 2.14. The Hall–Kier alpha value is -1.51. The summed E-state index contributed by atoms with van der Waals surface area (Å²) in [5, 5.41) is 0. The highest BCUT2D eigenvalue weighted by molar-refractivity contribution is 5.68. The van der Waals surface area contributed by atoms with Crippen molar-refractivity contribution < 1.29 is 9.53 Å². The molecule has 1 aromatic carbocycles. The van der Waals surface area contributed by atoms with Crippen molar-refractivity contribution in [3.05, 3.63) is 35.9 Å². The van der Waals surface area contributed by atoms with Crippen LogP contribution in [0.1, 0.15) is 24.8 Å². The molecular weight excluding hydrogens is 214 g/mol. The second kappa shape index (κ2) is 4.40. The third-order valence-corrected chi connectivity index (χ3v) is 3.85. The van der Waals surface area contributed by atoms with Gasteiger partial charge in [-0.05, 0) is 30.7 Å². The number of carbonyl (C=O) groups excluding carboxylic acids is 1. The number of fused-ring (bicyclic) bond motifs is 2. The molecule has 2 unspecified atom stereocenters. The van der Waals surface area contributed by atoms with Gasteiger partial charge < -0.3 is 9.64 Å². The van der Waals surface area contributed by atoms with Crippen molar-refractivity contribution in [2.24, 2.45) is 5.92 Å². The van der Waals surface area contributed by atoms with Crippen LogP contribution >= 0.6 is 0 Å². The molecule has 1 aromatic rings. The fraction of sp³-hybridized carbons (Fsp3) is 0.500. The number of hydrogen-bond acceptors (Lipinski definition) is 2. The van der Waals surface area contributed by atoms with Gasteiger partial charge in [0.25, 0.3) is 0 Å². The van der Waals surface area contributed by atoms with Crippen LogP contribution in [0.25, 0.3) is 0 Å². The Bertz CT molecular complexity index is 404. The third-order valence-electron chi connectivity index (χ3n) is 3.85. The maximum absolute atomic E-state index is 11.9. The van der Waals surface area contributed by atoms with E-state index in [1.807, 2.05) is 35.2 Å². The van der Waals surface area contributed by atoms with Crippen molar-refractivity contribution in [1.29, 1.82) is 0 Å². The SMILES string of the molecule is O=C(OCc1ccccc1)N1CC2CCC1C2. The number of ether oxygens (including phenoxy) is 1. The maximum atomic E-state index is 11.9. The van der Waals surface area contributed by atoms with E-state index in [0.717, 1.165) is 24.4 Å². The Labute approximate surface area is 101 Å². The van der Waals surface area contributed by atoms with Crippen LogP contribution in [0, 0.1) is 5.92 Å². The van der Waals surface area contributed by atoms with E-state index in [0.29, 0.717) is 12.6 Å². The standard InChI is InChI=1S/C14H17NO2/c16-14(15-9-12-6-7-13(15)8-12)17-10-11-4-2-1-3-5-11/h1-5,12-13H,6-10H2. The molecule has 1 aliphatic carbocycles. The van der Waals surface area contributed by atoms with Gasteiger partial charge in [0.2, 0.25) is 0 Å². The molecule has 17 heavy (non-hydrogen) atoms. The number of nitrogens with zero attached hydrogens (tertiary/aromatic N) is 1. The summed E-state index contributed by atoms with van der Waals surface area (Å²) < 4.78 is 5.35.